The maximum atomic E-state index is 11.9. The minimum atomic E-state index is 0.00570. The molecule has 0 aliphatic heterocycles. The minimum Gasteiger partial charge on any atom is -0.351 e. The van der Waals surface area contributed by atoms with Crippen molar-refractivity contribution >= 4 is 17.7 Å². The maximum Gasteiger partial charge on any atom is 0.251 e. The zero-order chi connectivity index (χ0) is 15.1. The van der Waals surface area contributed by atoms with Crippen LogP contribution in [0.5, 0.6) is 0 Å². The van der Waals surface area contributed by atoms with Gasteiger partial charge in [-0.3, -0.25) is 4.79 Å². The Morgan fingerprint density at radius 1 is 1.05 bits per heavy atom. The van der Waals surface area contributed by atoms with E-state index < -0.39 is 0 Å². The van der Waals surface area contributed by atoms with Crippen molar-refractivity contribution in [1.29, 1.82) is 0 Å². The Morgan fingerprint density at radius 3 is 2.52 bits per heavy atom. The Balaban J connectivity index is 1.68. The van der Waals surface area contributed by atoms with E-state index in [-0.39, 0.29) is 5.91 Å². The lowest BCUT2D eigenvalue weighted by Crippen LogP contribution is -2.25. The number of rotatable bonds is 6. The Labute approximate surface area is 131 Å². The molecule has 2 rings (SSSR count). The third-order valence-corrected chi connectivity index (χ3v) is 4.23. The van der Waals surface area contributed by atoms with Gasteiger partial charge >= 0.3 is 0 Å². The summed E-state index contributed by atoms with van der Waals surface area (Å²) in [5.41, 5.74) is 4.52. The van der Waals surface area contributed by atoms with Gasteiger partial charge in [-0.1, -0.05) is 47.5 Å². The van der Waals surface area contributed by atoms with Crippen LogP contribution in [0.2, 0.25) is 0 Å². The first-order valence-electron chi connectivity index (χ1n) is 7.13. The molecule has 0 aliphatic carbocycles. The quantitative estimate of drug-likeness (QED) is 0.818. The second-order valence-corrected chi connectivity index (χ2v) is 6.27. The predicted molar refractivity (Wildman–Crippen MR) is 90.9 cm³/mol. The summed E-state index contributed by atoms with van der Waals surface area (Å²) >= 11 is 1.84. The Kier molecular flexibility index (Phi) is 5.88. The van der Waals surface area contributed by atoms with E-state index in [0.29, 0.717) is 6.54 Å². The highest BCUT2D eigenvalue weighted by atomic mass is 32.2. The van der Waals surface area contributed by atoms with Gasteiger partial charge in [-0.25, -0.2) is 0 Å². The number of benzene rings is 2. The van der Waals surface area contributed by atoms with Crippen LogP contribution in [0.4, 0.5) is 0 Å². The highest BCUT2D eigenvalue weighted by Gasteiger charge is 2.03. The highest BCUT2D eigenvalue weighted by molar-refractivity contribution is 7.98. The van der Waals surface area contributed by atoms with Crippen molar-refractivity contribution < 1.29 is 4.79 Å². The van der Waals surface area contributed by atoms with Gasteiger partial charge in [-0.15, -0.1) is 0 Å². The van der Waals surface area contributed by atoms with Crippen LogP contribution in [0.3, 0.4) is 0 Å². The number of hydrogen-bond donors (Lipinski definition) is 1. The molecule has 0 atom stereocenters. The SMILES string of the molecule is Cc1ccc(C(=O)NCCSCc2cccc(C)c2)cc1. The summed E-state index contributed by atoms with van der Waals surface area (Å²) in [6.45, 7) is 4.82. The van der Waals surface area contributed by atoms with Gasteiger partial charge in [-0.2, -0.15) is 11.8 Å². The van der Waals surface area contributed by atoms with Crippen molar-refractivity contribution in [2.24, 2.45) is 0 Å². The molecule has 0 aromatic heterocycles. The highest BCUT2D eigenvalue weighted by Crippen LogP contribution is 2.13. The number of carbonyl (C=O) groups is 1. The number of nitrogens with one attached hydrogen (secondary N) is 1. The first-order chi connectivity index (χ1) is 10.1. The van der Waals surface area contributed by atoms with Crippen molar-refractivity contribution in [3.05, 3.63) is 70.8 Å². The predicted octanol–water partition coefficient (Wildman–Crippen LogP) is 3.97. The van der Waals surface area contributed by atoms with Crippen LogP contribution in [0.1, 0.15) is 27.0 Å². The van der Waals surface area contributed by atoms with E-state index in [1.54, 1.807) is 0 Å². The average Bonchev–Trinajstić information content (AvgIpc) is 2.47. The fourth-order valence-corrected chi connectivity index (χ4v) is 2.84. The molecule has 1 N–H and O–H groups in total. The molecular weight excluding hydrogens is 278 g/mol. The molecule has 3 heteroatoms. The molecule has 0 heterocycles. The Morgan fingerprint density at radius 2 is 1.81 bits per heavy atom. The second kappa shape index (κ2) is 7.89. The van der Waals surface area contributed by atoms with Crippen molar-refractivity contribution in [2.45, 2.75) is 19.6 Å². The Bertz CT molecular complexity index is 592. The van der Waals surface area contributed by atoms with E-state index in [0.717, 1.165) is 17.1 Å². The molecule has 110 valence electrons. The molecule has 0 saturated heterocycles. The first kappa shape index (κ1) is 15.6. The van der Waals surface area contributed by atoms with E-state index in [1.165, 1.54) is 16.7 Å². The van der Waals surface area contributed by atoms with Gasteiger partial charge in [0, 0.05) is 23.6 Å². The molecule has 1 amide bonds. The third-order valence-electron chi connectivity index (χ3n) is 3.20. The van der Waals surface area contributed by atoms with Crippen molar-refractivity contribution in [1.82, 2.24) is 5.32 Å². The monoisotopic (exact) mass is 299 g/mol. The Hall–Kier alpha value is -1.74. The zero-order valence-electron chi connectivity index (χ0n) is 12.6. The van der Waals surface area contributed by atoms with Gasteiger partial charge in [-0.05, 0) is 31.5 Å². The van der Waals surface area contributed by atoms with Gasteiger partial charge in [0.25, 0.3) is 5.91 Å². The van der Waals surface area contributed by atoms with E-state index in [4.69, 9.17) is 0 Å². The summed E-state index contributed by atoms with van der Waals surface area (Å²) in [4.78, 5) is 11.9. The summed E-state index contributed by atoms with van der Waals surface area (Å²) in [5, 5.41) is 2.96. The molecule has 0 saturated carbocycles. The largest absolute Gasteiger partial charge is 0.351 e. The topological polar surface area (TPSA) is 29.1 Å². The van der Waals surface area contributed by atoms with E-state index in [1.807, 2.05) is 43.0 Å². The number of amides is 1. The minimum absolute atomic E-state index is 0.00570. The molecule has 2 aromatic rings. The van der Waals surface area contributed by atoms with Crippen LogP contribution in [0, 0.1) is 13.8 Å². The van der Waals surface area contributed by atoms with Crippen LogP contribution in [0.25, 0.3) is 0 Å². The molecule has 2 aromatic carbocycles. The van der Waals surface area contributed by atoms with E-state index in [9.17, 15) is 4.79 Å². The molecular formula is C18H21NOS. The molecule has 0 unspecified atom stereocenters. The first-order valence-corrected chi connectivity index (χ1v) is 8.29. The van der Waals surface area contributed by atoms with E-state index in [2.05, 4.69) is 36.5 Å². The van der Waals surface area contributed by atoms with Crippen LogP contribution >= 0.6 is 11.8 Å². The van der Waals surface area contributed by atoms with Gasteiger partial charge in [0.2, 0.25) is 0 Å². The maximum absolute atomic E-state index is 11.9. The number of aryl methyl sites for hydroxylation is 2. The third kappa shape index (κ3) is 5.27. The summed E-state index contributed by atoms with van der Waals surface area (Å²) in [6.07, 6.45) is 0. The lowest BCUT2D eigenvalue weighted by Gasteiger charge is -2.06. The standard InChI is InChI=1S/C18H21NOS/c1-14-6-8-17(9-7-14)18(20)19-10-11-21-13-16-5-3-4-15(2)12-16/h3-9,12H,10-11,13H2,1-2H3,(H,19,20). The lowest BCUT2D eigenvalue weighted by atomic mass is 10.1. The fourth-order valence-electron chi connectivity index (χ4n) is 2.04. The number of carbonyl (C=O) groups excluding carboxylic acids is 1. The normalized spacial score (nSPS) is 10.4. The van der Waals surface area contributed by atoms with Crippen molar-refractivity contribution in [2.75, 3.05) is 12.3 Å². The lowest BCUT2D eigenvalue weighted by molar-refractivity contribution is 0.0956. The smallest absolute Gasteiger partial charge is 0.251 e. The second-order valence-electron chi connectivity index (χ2n) is 5.16. The zero-order valence-corrected chi connectivity index (χ0v) is 13.4. The van der Waals surface area contributed by atoms with Crippen LogP contribution < -0.4 is 5.32 Å². The van der Waals surface area contributed by atoms with Crippen molar-refractivity contribution in [3.8, 4) is 0 Å². The van der Waals surface area contributed by atoms with Crippen LogP contribution in [-0.4, -0.2) is 18.2 Å². The molecule has 21 heavy (non-hydrogen) atoms. The average molecular weight is 299 g/mol. The van der Waals surface area contributed by atoms with Crippen LogP contribution in [-0.2, 0) is 5.75 Å². The molecule has 0 bridgehead atoms. The summed E-state index contributed by atoms with van der Waals surface area (Å²) in [7, 11) is 0. The van der Waals surface area contributed by atoms with Gasteiger partial charge < -0.3 is 5.32 Å². The van der Waals surface area contributed by atoms with Crippen molar-refractivity contribution in [3.63, 3.8) is 0 Å². The van der Waals surface area contributed by atoms with Gasteiger partial charge in [0.1, 0.15) is 0 Å². The van der Waals surface area contributed by atoms with Gasteiger partial charge in [0.05, 0.1) is 0 Å². The van der Waals surface area contributed by atoms with Crippen LogP contribution in [0.15, 0.2) is 48.5 Å². The molecule has 0 radical (unpaired) electrons. The fraction of sp³-hybridized carbons (Fsp3) is 0.278. The van der Waals surface area contributed by atoms with E-state index >= 15 is 0 Å². The summed E-state index contributed by atoms with van der Waals surface area (Å²) < 4.78 is 0. The molecule has 0 aliphatic rings. The number of hydrogen-bond acceptors (Lipinski definition) is 2. The number of thioether (sulfide) groups is 1. The summed E-state index contributed by atoms with van der Waals surface area (Å²) in [6, 6.07) is 16.2. The molecule has 0 fully saturated rings. The van der Waals surface area contributed by atoms with Gasteiger partial charge in [0.15, 0.2) is 0 Å². The molecule has 0 spiro atoms. The molecule has 2 nitrogen and oxygen atoms in total. The summed E-state index contributed by atoms with van der Waals surface area (Å²) in [5.74, 6) is 1.92.